The maximum absolute atomic E-state index is 13.0. The molecule has 7 heteroatoms. The van der Waals surface area contributed by atoms with E-state index in [4.69, 9.17) is 0 Å². The third-order valence-electron chi connectivity index (χ3n) is 7.06. The fourth-order valence-electron chi connectivity index (χ4n) is 5.03. The fourth-order valence-corrected chi connectivity index (χ4v) is 5.03. The number of nitrogens with zero attached hydrogens (tertiary/aromatic N) is 5. The van der Waals surface area contributed by atoms with E-state index in [1.54, 1.807) is 4.68 Å². The van der Waals surface area contributed by atoms with Crippen molar-refractivity contribution in [2.45, 2.75) is 45.6 Å². The third kappa shape index (κ3) is 6.02. The molecule has 3 heterocycles. The molecule has 33 heavy (non-hydrogen) atoms. The van der Waals surface area contributed by atoms with Crippen molar-refractivity contribution in [3.8, 4) is 0 Å². The molecule has 1 aromatic carbocycles. The van der Waals surface area contributed by atoms with E-state index in [1.807, 2.05) is 35.9 Å². The lowest BCUT2D eigenvalue weighted by Gasteiger charge is -2.36. The molecule has 2 saturated heterocycles. The first kappa shape index (κ1) is 23.5. The van der Waals surface area contributed by atoms with Crippen molar-refractivity contribution in [2.75, 3.05) is 39.3 Å². The Labute approximate surface area is 197 Å². The molecule has 2 aliphatic heterocycles. The number of piperazine rings is 1. The molecule has 0 saturated carbocycles. The highest BCUT2D eigenvalue weighted by Crippen LogP contribution is 2.23. The van der Waals surface area contributed by atoms with E-state index in [1.165, 1.54) is 5.56 Å². The molecule has 0 unspecified atom stereocenters. The summed E-state index contributed by atoms with van der Waals surface area (Å²) in [7, 11) is 1.84. The molecule has 0 bridgehead atoms. The van der Waals surface area contributed by atoms with E-state index < -0.39 is 0 Å². The van der Waals surface area contributed by atoms with E-state index >= 15 is 0 Å². The minimum Gasteiger partial charge on any atom is -0.340 e. The Morgan fingerprint density at radius 3 is 2.48 bits per heavy atom. The van der Waals surface area contributed by atoms with Crippen molar-refractivity contribution in [1.82, 2.24) is 24.5 Å². The standard InChI is InChI=1S/C26H37N5O2/c1-3-23-18-24(28(2)27-23)26(33)31-13-7-10-22(20-31)11-12-25(32)30-16-14-29(15-17-30)19-21-8-5-4-6-9-21/h4-6,8-9,18,22H,3,7,10-17,19-20H2,1-2H3/t22-/m1/s1. The van der Waals surface area contributed by atoms with Crippen LogP contribution in [-0.4, -0.2) is 75.6 Å². The Morgan fingerprint density at radius 1 is 1.03 bits per heavy atom. The number of hydrogen-bond donors (Lipinski definition) is 0. The van der Waals surface area contributed by atoms with Crippen LogP contribution in [0.25, 0.3) is 0 Å². The molecule has 2 aromatic rings. The first-order valence-electron chi connectivity index (χ1n) is 12.4. The second-order valence-corrected chi connectivity index (χ2v) is 9.44. The molecule has 2 aliphatic rings. The molecule has 1 aromatic heterocycles. The van der Waals surface area contributed by atoms with Gasteiger partial charge in [-0.1, -0.05) is 37.3 Å². The van der Waals surface area contributed by atoms with Gasteiger partial charge in [0.15, 0.2) is 0 Å². The molecule has 0 aliphatic carbocycles. The number of carbonyl (C=O) groups is 2. The summed E-state index contributed by atoms with van der Waals surface area (Å²) in [5.41, 5.74) is 2.94. The molecule has 0 radical (unpaired) electrons. The second-order valence-electron chi connectivity index (χ2n) is 9.44. The molecule has 7 nitrogen and oxygen atoms in total. The summed E-state index contributed by atoms with van der Waals surface area (Å²) in [5.74, 6) is 0.720. The molecular weight excluding hydrogens is 414 g/mol. The van der Waals surface area contributed by atoms with Crippen LogP contribution in [0.15, 0.2) is 36.4 Å². The van der Waals surface area contributed by atoms with Gasteiger partial charge >= 0.3 is 0 Å². The van der Waals surface area contributed by atoms with Crippen molar-refractivity contribution < 1.29 is 9.59 Å². The first-order chi connectivity index (χ1) is 16.0. The molecule has 178 valence electrons. The van der Waals surface area contributed by atoms with Crippen molar-refractivity contribution in [1.29, 1.82) is 0 Å². The van der Waals surface area contributed by atoms with Gasteiger partial charge in [0.25, 0.3) is 5.91 Å². The highest BCUT2D eigenvalue weighted by molar-refractivity contribution is 5.92. The van der Waals surface area contributed by atoms with Gasteiger partial charge in [-0.2, -0.15) is 5.10 Å². The lowest BCUT2D eigenvalue weighted by Crippen LogP contribution is -2.48. The molecular formula is C26H37N5O2. The second kappa shape index (κ2) is 11.0. The Bertz CT molecular complexity index is 933. The molecule has 0 N–H and O–H groups in total. The number of amides is 2. The smallest absolute Gasteiger partial charge is 0.272 e. The summed E-state index contributed by atoms with van der Waals surface area (Å²) in [4.78, 5) is 32.3. The molecule has 2 fully saturated rings. The van der Waals surface area contributed by atoms with E-state index in [0.29, 0.717) is 18.0 Å². The lowest BCUT2D eigenvalue weighted by atomic mass is 9.93. The molecule has 4 rings (SSSR count). The zero-order valence-corrected chi connectivity index (χ0v) is 20.1. The van der Waals surface area contributed by atoms with Gasteiger partial charge in [-0.25, -0.2) is 0 Å². The Morgan fingerprint density at radius 2 is 1.79 bits per heavy atom. The van der Waals surface area contributed by atoms with Gasteiger partial charge in [0.2, 0.25) is 5.91 Å². The summed E-state index contributed by atoms with van der Waals surface area (Å²) < 4.78 is 1.70. The summed E-state index contributed by atoms with van der Waals surface area (Å²) in [6.45, 7) is 8.00. The maximum Gasteiger partial charge on any atom is 0.272 e. The first-order valence-corrected chi connectivity index (χ1v) is 12.4. The topological polar surface area (TPSA) is 61.7 Å². The normalized spacial score (nSPS) is 19.6. The monoisotopic (exact) mass is 451 g/mol. The molecule has 0 spiro atoms. The van der Waals surface area contributed by atoms with Gasteiger partial charge in [-0.05, 0) is 43.2 Å². The Balaban J connectivity index is 1.21. The minimum absolute atomic E-state index is 0.0651. The minimum atomic E-state index is 0.0651. The van der Waals surface area contributed by atoms with Crippen molar-refractivity contribution in [2.24, 2.45) is 13.0 Å². The average molecular weight is 452 g/mol. The zero-order valence-electron chi connectivity index (χ0n) is 20.1. The summed E-state index contributed by atoms with van der Waals surface area (Å²) in [5, 5.41) is 4.42. The van der Waals surface area contributed by atoms with E-state index in [-0.39, 0.29) is 11.8 Å². The summed E-state index contributed by atoms with van der Waals surface area (Å²) in [6.07, 6.45) is 4.36. The largest absolute Gasteiger partial charge is 0.340 e. The van der Waals surface area contributed by atoms with Crippen LogP contribution >= 0.6 is 0 Å². The number of likely N-dealkylation sites (tertiary alicyclic amines) is 1. The number of carbonyl (C=O) groups excluding carboxylic acids is 2. The number of hydrogen-bond acceptors (Lipinski definition) is 4. The summed E-state index contributed by atoms with van der Waals surface area (Å²) >= 11 is 0. The summed E-state index contributed by atoms with van der Waals surface area (Å²) in [6, 6.07) is 12.4. The number of rotatable bonds is 7. The van der Waals surface area contributed by atoms with Crippen LogP contribution in [0.1, 0.15) is 54.4 Å². The van der Waals surface area contributed by atoms with E-state index in [2.05, 4.69) is 34.3 Å². The highest BCUT2D eigenvalue weighted by Gasteiger charge is 2.28. The number of aromatic nitrogens is 2. The predicted molar refractivity (Wildman–Crippen MR) is 129 cm³/mol. The van der Waals surface area contributed by atoms with Crippen molar-refractivity contribution >= 4 is 11.8 Å². The number of piperidine rings is 1. The highest BCUT2D eigenvalue weighted by atomic mass is 16.2. The number of aryl methyl sites for hydroxylation is 2. The SMILES string of the molecule is CCc1cc(C(=O)N2CCC[C@H](CCC(=O)N3CCN(Cc4ccccc4)CC3)C2)n(C)n1. The third-order valence-corrected chi connectivity index (χ3v) is 7.06. The van der Waals surface area contributed by atoms with Gasteiger partial charge in [-0.3, -0.25) is 19.2 Å². The van der Waals surface area contributed by atoms with Gasteiger partial charge in [0.05, 0.1) is 5.69 Å². The average Bonchev–Trinajstić information content (AvgIpc) is 3.24. The Hall–Kier alpha value is -2.67. The van der Waals surface area contributed by atoms with E-state index in [9.17, 15) is 9.59 Å². The Kier molecular flexibility index (Phi) is 7.81. The maximum atomic E-state index is 13.0. The van der Waals surface area contributed by atoms with Gasteiger partial charge in [0.1, 0.15) is 5.69 Å². The zero-order chi connectivity index (χ0) is 23.2. The van der Waals surface area contributed by atoms with Crippen LogP contribution in [0.5, 0.6) is 0 Å². The van der Waals surface area contributed by atoms with Gasteiger partial charge < -0.3 is 9.80 Å². The quantitative estimate of drug-likeness (QED) is 0.649. The van der Waals surface area contributed by atoms with Crippen molar-refractivity contribution in [3.63, 3.8) is 0 Å². The van der Waals surface area contributed by atoms with E-state index in [0.717, 1.165) is 77.2 Å². The van der Waals surface area contributed by atoms with Gasteiger partial charge in [0, 0.05) is 59.3 Å². The lowest BCUT2D eigenvalue weighted by molar-refractivity contribution is -0.133. The van der Waals surface area contributed by atoms with Crippen molar-refractivity contribution in [3.05, 3.63) is 53.3 Å². The van der Waals surface area contributed by atoms with Crippen LogP contribution < -0.4 is 0 Å². The van der Waals surface area contributed by atoms with Crippen LogP contribution in [0.4, 0.5) is 0 Å². The van der Waals surface area contributed by atoms with Crippen LogP contribution in [0.3, 0.4) is 0 Å². The fraction of sp³-hybridized carbons (Fsp3) is 0.577. The molecule has 2 amide bonds. The van der Waals surface area contributed by atoms with Gasteiger partial charge in [-0.15, -0.1) is 0 Å². The van der Waals surface area contributed by atoms with Crippen LogP contribution in [0, 0.1) is 5.92 Å². The molecule has 1 atom stereocenters. The number of benzene rings is 1. The van der Waals surface area contributed by atoms with Crippen LogP contribution in [0.2, 0.25) is 0 Å². The van der Waals surface area contributed by atoms with Crippen LogP contribution in [-0.2, 0) is 24.8 Å². The predicted octanol–water partition coefficient (Wildman–Crippen LogP) is 2.96.